The Morgan fingerprint density at radius 1 is 1.14 bits per heavy atom. The second-order valence-corrected chi connectivity index (χ2v) is 9.77. The van der Waals surface area contributed by atoms with E-state index in [0.29, 0.717) is 6.04 Å². The number of rotatable bonds is 3. The highest BCUT2D eigenvalue weighted by atomic mass is 35.5. The van der Waals surface area contributed by atoms with Crippen molar-refractivity contribution < 1.29 is 19.8 Å². The van der Waals surface area contributed by atoms with Crippen LogP contribution in [0.25, 0.3) is 11.0 Å². The predicted molar refractivity (Wildman–Crippen MR) is 145 cm³/mol. The van der Waals surface area contributed by atoms with Gasteiger partial charge in [0.15, 0.2) is 0 Å². The van der Waals surface area contributed by atoms with Crippen molar-refractivity contribution in [2.24, 2.45) is 5.92 Å². The molecule has 2 heterocycles. The van der Waals surface area contributed by atoms with Crippen LogP contribution < -0.4 is 9.80 Å². The van der Waals surface area contributed by atoms with Crippen molar-refractivity contribution in [3.05, 3.63) is 47.0 Å². The number of carbonyl (C=O) groups is 2. The van der Waals surface area contributed by atoms with Gasteiger partial charge in [-0.05, 0) is 69.0 Å². The highest BCUT2D eigenvalue weighted by molar-refractivity contribution is 6.30. The van der Waals surface area contributed by atoms with Crippen LogP contribution in [0.3, 0.4) is 0 Å². The van der Waals surface area contributed by atoms with Crippen LogP contribution in [-0.2, 0) is 16.0 Å². The average molecular weight is 515 g/mol. The maximum Gasteiger partial charge on any atom is 0.306 e. The largest absolute Gasteiger partial charge is 0.483 e. The first kappa shape index (κ1) is 27.3. The van der Waals surface area contributed by atoms with Gasteiger partial charge in [0.2, 0.25) is 5.95 Å². The molecule has 2 aromatic carbocycles. The zero-order chi connectivity index (χ0) is 26.2. The Morgan fingerprint density at radius 2 is 1.78 bits per heavy atom. The Bertz CT molecular complexity index is 1160. The molecule has 1 aliphatic carbocycles. The number of aromatic amines is 1. The van der Waals surface area contributed by atoms with Gasteiger partial charge < -0.3 is 25.0 Å². The van der Waals surface area contributed by atoms with Crippen molar-refractivity contribution in [3.8, 4) is 0 Å². The highest BCUT2D eigenvalue weighted by Crippen LogP contribution is 2.35. The third-order valence-electron chi connectivity index (χ3n) is 7.06. The zero-order valence-electron chi connectivity index (χ0n) is 21.1. The predicted octanol–water partition coefficient (Wildman–Crippen LogP) is 6.11. The molecule has 1 saturated carbocycles. The molecule has 1 fully saturated rings. The van der Waals surface area contributed by atoms with Crippen LogP contribution in [-0.4, -0.2) is 52.8 Å². The van der Waals surface area contributed by atoms with Gasteiger partial charge in [-0.15, -0.1) is 0 Å². The zero-order valence-corrected chi connectivity index (χ0v) is 21.8. The molecule has 0 amide bonds. The van der Waals surface area contributed by atoms with Crippen molar-refractivity contribution >= 4 is 52.4 Å². The van der Waals surface area contributed by atoms with Crippen molar-refractivity contribution in [2.45, 2.75) is 57.9 Å². The number of nitrogens with one attached hydrogen (secondary N) is 1. The maximum absolute atomic E-state index is 10.4. The quantitative estimate of drug-likeness (QED) is 0.362. The first-order valence-electron chi connectivity index (χ1n) is 12.3. The number of carboxylic acids is 1. The second kappa shape index (κ2) is 12.6. The third-order valence-corrected chi connectivity index (χ3v) is 7.31. The summed E-state index contributed by atoms with van der Waals surface area (Å²) in [6, 6.07) is 12.7. The fraction of sp³-hybridized carbons (Fsp3) is 0.444. The van der Waals surface area contributed by atoms with Crippen molar-refractivity contribution in [1.29, 1.82) is 0 Å². The standard InChI is InChI=1S/C19H21ClN4.C7H12O2.CH2O2/c1-12-4-9-15-17(23(12)2)11-10-16-18(15)22-19(21-16)24(3)14-7-5-13(20)6-8-14;8-7(9)6-4-2-1-3-5-6;2-1-3/h5-8,10-12H,4,9H2,1-3H3,(H,21,22);6H,1-5H2,(H,8,9);1H,(H,2,3). The molecule has 1 atom stereocenters. The highest BCUT2D eigenvalue weighted by Gasteiger charge is 2.23. The molecule has 0 radical (unpaired) electrons. The van der Waals surface area contributed by atoms with E-state index in [2.05, 4.69) is 40.9 Å². The van der Waals surface area contributed by atoms with Gasteiger partial charge in [-0.2, -0.15) is 0 Å². The second-order valence-electron chi connectivity index (χ2n) is 9.33. The maximum atomic E-state index is 10.4. The Kier molecular flexibility index (Phi) is 9.58. The Labute approximate surface area is 216 Å². The Hall–Kier alpha value is -3.26. The summed E-state index contributed by atoms with van der Waals surface area (Å²) in [6.45, 7) is 2.03. The van der Waals surface area contributed by atoms with E-state index in [-0.39, 0.29) is 12.4 Å². The first-order valence-corrected chi connectivity index (χ1v) is 12.7. The summed E-state index contributed by atoms with van der Waals surface area (Å²) in [5.41, 5.74) is 5.88. The number of aromatic nitrogens is 2. The van der Waals surface area contributed by atoms with E-state index in [1.165, 1.54) is 17.7 Å². The van der Waals surface area contributed by atoms with Crippen molar-refractivity contribution in [2.75, 3.05) is 23.9 Å². The van der Waals surface area contributed by atoms with Crippen LogP contribution in [0.15, 0.2) is 36.4 Å². The number of carboxylic acid groups (broad SMARTS) is 2. The lowest BCUT2D eigenvalue weighted by molar-refractivity contribution is -0.142. The van der Waals surface area contributed by atoms with Gasteiger partial charge >= 0.3 is 5.97 Å². The number of hydrogen-bond acceptors (Lipinski definition) is 5. The van der Waals surface area contributed by atoms with Crippen molar-refractivity contribution in [1.82, 2.24) is 9.97 Å². The molecule has 8 nitrogen and oxygen atoms in total. The Morgan fingerprint density at radius 3 is 2.36 bits per heavy atom. The number of benzene rings is 2. The number of anilines is 3. The molecule has 1 aromatic heterocycles. The summed E-state index contributed by atoms with van der Waals surface area (Å²) >= 11 is 5.98. The molecule has 0 saturated heterocycles. The summed E-state index contributed by atoms with van der Waals surface area (Å²) in [4.78, 5) is 31.5. The number of aliphatic carboxylic acids is 1. The van der Waals surface area contributed by atoms with Crippen molar-refractivity contribution in [3.63, 3.8) is 0 Å². The van der Waals surface area contributed by atoms with Crippen LogP contribution in [0.4, 0.5) is 17.3 Å². The number of hydrogen-bond donors (Lipinski definition) is 3. The fourth-order valence-corrected chi connectivity index (χ4v) is 4.89. The van der Waals surface area contributed by atoms with E-state index in [1.54, 1.807) is 0 Å². The molecule has 194 valence electrons. The number of H-pyrrole nitrogens is 1. The van der Waals surface area contributed by atoms with Gasteiger partial charge in [0.1, 0.15) is 0 Å². The molecular formula is C27H35ClN4O4. The first-order chi connectivity index (χ1) is 17.3. The third kappa shape index (κ3) is 6.49. The number of imidazole rings is 1. The van der Waals surface area contributed by atoms with Crippen LogP contribution in [0.5, 0.6) is 0 Å². The topological polar surface area (TPSA) is 110 Å². The number of halogens is 1. The smallest absolute Gasteiger partial charge is 0.306 e. The molecule has 36 heavy (non-hydrogen) atoms. The van der Waals surface area contributed by atoms with Gasteiger partial charge in [0.25, 0.3) is 6.47 Å². The van der Waals surface area contributed by atoms with Gasteiger partial charge in [-0.1, -0.05) is 30.9 Å². The van der Waals surface area contributed by atoms with Crippen LogP contribution in [0, 0.1) is 5.92 Å². The lowest BCUT2D eigenvalue weighted by Gasteiger charge is -2.33. The lowest BCUT2D eigenvalue weighted by Crippen LogP contribution is -2.33. The molecule has 2 aliphatic rings. The molecule has 0 spiro atoms. The average Bonchev–Trinajstić information content (AvgIpc) is 3.32. The van der Waals surface area contributed by atoms with Gasteiger partial charge in [0.05, 0.1) is 17.0 Å². The monoisotopic (exact) mass is 514 g/mol. The number of fused-ring (bicyclic) bond motifs is 3. The van der Waals surface area contributed by atoms with Crippen LogP contribution >= 0.6 is 11.6 Å². The summed E-state index contributed by atoms with van der Waals surface area (Å²) in [5.74, 6) is 0.218. The van der Waals surface area contributed by atoms with Crippen LogP contribution in [0.1, 0.15) is 51.0 Å². The lowest BCUT2D eigenvalue weighted by atomic mass is 9.90. The van der Waals surface area contributed by atoms with E-state index < -0.39 is 5.97 Å². The molecule has 1 aliphatic heterocycles. The van der Waals surface area contributed by atoms with E-state index >= 15 is 0 Å². The summed E-state index contributed by atoms with van der Waals surface area (Å²) in [6.07, 6.45) is 7.48. The molecular weight excluding hydrogens is 480 g/mol. The minimum atomic E-state index is -0.602. The number of nitrogens with zero attached hydrogens (tertiary/aromatic N) is 3. The molecule has 9 heteroatoms. The van der Waals surface area contributed by atoms with E-state index in [1.807, 2.05) is 31.3 Å². The van der Waals surface area contributed by atoms with E-state index in [0.717, 1.165) is 66.2 Å². The van der Waals surface area contributed by atoms with E-state index in [9.17, 15) is 4.79 Å². The SMILES string of the molecule is CC1CCc2c(ccc3[nH]c(N(C)c4ccc(Cl)cc4)nc23)N1C.O=C(O)C1CCCCC1.O=CO. The normalized spacial score (nSPS) is 17.2. The van der Waals surface area contributed by atoms with Crippen LogP contribution in [0.2, 0.25) is 5.02 Å². The molecule has 1 unspecified atom stereocenters. The molecule has 3 aromatic rings. The fourth-order valence-electron chi connectivity index (χ4n) is 4.77. The molecule has 0 bridgehead atoms. The van der Waals surface area contributed by atoms with Gasteiger partial charge in [-0.3, -0.25) is 9.59 Å². The summed E-state index contributed by atoms with van der Waals surface area (Å²) in [7, 11) is 4.18. The summed E-state index contributed by atoms with van der Waals surface area (Å²) in [5, 5.41) is 16.2. The number of aryl methyl sites for hydroxylation is 1. The van der Waals surface area contributed by atoms with Gasteiger partial charge in [-0.25, -0.2) is 4.98 Å². The Balaban J connectivity index is 0.000000251. The summed E-state index contributed by atoms with van der Waals surface area (Å²) < 4.78 is 0. The minimum Gasteiger partial charge on any atom is -0.483 e. The molecule has 5 rings (SSSR count). The van der Waals surface area contributed by atoms with Gasteiger partial charge in [0, 0.05) is 42.1 Å². The van der Waals surface area contributed by atoms with E-state index in [4.69, 9.17) is 31.6 Å². The minimum absolute atomic E-state index is 0.0289. The molecule has 3 N–H and O–H groups in total.